The number of aromatic nitrogens is 3. The van der Waals surface area contributed by atoms with Crippen molar-refractivity contribution in [2.45, 2.75) is 19.8 Å². The second-order valence-electron chi connectivity index (χ2n) is 5.52. The van der Waals surface area contributed by atoms with Crippen LogP contribution < -0.4 is 5.32 Å². The van der Waals surface area contributed by atoms with E-state index in [2.05, 4.69) is 68.2 Å². The zero-order chi connectivity index (χ0) is 14.6. The lowest BCUT2D eigenvalue weighted by atomic mass is 9.94. The first kappa shape index (κ1) is 12.8. The molecule has 4 nitrogen and oxygen atoms in total. The Morgan fingerprint density at radius 1 is 1.24 bits per heavy atom. The molecule has 0 radical (unpaired) electrons. The first-order chi connectivity index (χ1) is 10.1. The molecule has 106 valence electrons. The Morgan fingerprint density at radius 2 is 2.10 bits per heavy atom. The van der Waals surface area contributed by atoms with Gasteiger partial charge in [0, 0.05) is 33.7 Å². The van der Waals surface area contributed by atoms with E-state index in [1.54, 1.807) is 6.33 Å². The van der Waals surface area contributed by atoms with Crippen molar-refractivity contribution in [2.24, 2.45) is 0 Å². The van der Waals surface area contributed by atoms with Crippen LogP contribution in [0.1, 0.15) is 28.4 Å². The van der Waals surface area contributed by atoms with Gasteiger partial charge in [-0.25, -0.2) is 9.97 Å². The molecule has 0 saturated heterocycles. The quantitative estimate of drug-likeness (QED) is 0.705. The number of nitrogens with zero attached hydrogens (tertiary/aromatic N) is 2. The Balaban J connectivity index is 1.93. The summed E-state index contributed by atoms with van der Waals surface area (Å²) in [7, 11) is 0. The lowest BCUT2D eigenvalue weighted by Gasteiger charge is -2.11. The van der Waals surface area contributed by atoms with Crippen molar-refractivity contribution in [2.75, 3.05) is 11.9 Å². The van der Waals surface area contributed by atoms with Crippen molar-refractivity contribution in [3.8, 4) is 0 Å². The van der Waals surface area contributed by atoms with Gasteiger partial charge >= 0.3 is 0 Å². The topological polar surface area (TPSA) is 53.6 Å². The van der Waals surface area contributed by atoms with E-state index >= 15 is 0 Å². The number of aryl methyl sites for hydroxylation is 2. The first-order valence-corrected chi connectivity index (χ1v) is 7.77. The van der Waals surface area contributed by atoms with E-state index in [1.807, 2.05) is 0 Å². The van der Waals surface area contributed by atoms with Crippen molar-refractivity contribution >= 4 is 32.7 Å². The third-order valence-corrected chi connectivity index (χ3v) is 4.83. The highest BCUT2D eigenvalue weighted by atomic mass is 79.9. The largest absolute Gasteiger partial charge is 0.384 e. The van der Waals surface area contributed by atoms with Crippen LogP contribution in [0.3, 0.4) is 0 Å². The predicted molar refractivity (Wildman–Crippen MR) is 87.8 cm³/mol. The molecule has 2 aromatic heterocycles. The van der Waals surface area contributed by atoms with Gasteiger partial charge in [0.05, 0.1) is 5.69 Å². The van der Waals surface area contributed by atoms with Gasteiger partial charge < -0.3 is 10.3 Å². The van der Waals surface area contributed by atoms with Crippen LogP contribution in [0.4, 0.5) is 5.69 Å². The molecule has 0 aliphatic carbocycles. The number of hydrogen-bond acceptors (Lipinski definition) is 3. The SMILES string of the molecule is Cc1[nH]c2ncnc(C3CNc4cc(Br)ccc43)c2c1C. The molecular weight excluding hydrogens is 328 g/mol. The average Bonchev–Trinajstić information content (AvgIpc) is 3.00. The Bertz CT molecular complexity index is 853. The van der Waals surface area contributed by atoms with Crippen LogP contribution in [-0.2, 0) is 0 Å². The highest BCUT2D eigenvalue weighted by molar-refractivity contribution is 9.10. The molecule has 21 heavy (non-hydrogen) atoms. The fourth-order valence-corrected chi connectivity index (χ4v) is 3.50. The van der Waals surface area contributed by atoms with Crippen molar-refractivity contribution in [3.05, 3.63) is 51.5 Å². The standard InChI is InChI=1S/C16H15BrN4/c1-8-9(2)21-16-14(8)15(19-7-20-16)12-6-18-13-5-10(17)3-4-11(12)13/h3-5,7,12,18H,6H2,1-2H3,(H,19,20,21). The van der Waals surface area contributed by atoms with Crippen LogP contribution in [0.15, 0.2) is 29.0 Å². The molecule has 1 aromatic carbocycles. The van der Waals surface area contributed by atoms with E-state index in [1.165, 1.54) is 16.8 Å². The van der Waals surface area contributed by atoms with E-state index < -0.39 is 0 Å². The lowest BCUT2D eigenvalue weighted by molar-refractivity contribution is 0.864. The molecular formula is C16H15BrN4. The molecule has 5 heteroatoms. The number of hydrogen-bond donors (Lipinski definition) is 2. The number of aromatic amines is 1. The number of nitrogens with one attached hydrogen (secondary N) is 2. The summed E-state index contributed by atoms with van der Waals surface area (Å²) >= 11 is 3.53. The summed E-state index contributed by atoms with van der Waals surface area (Å²) in [6, 6.07) is 6.39. The third kappa shape index (κ3) is 1.87. The average molecular weight is 343 g/mol. The minimum Gasteiger partial charge on any atom is -0.384 e. The first-order valence-electron chi connectivity index (χ1n) is 6.98. The number of fused-ring (bicyclic) bond motifs is 2. The molecule has 0 spiro atoms. The Hall–Kier alpha value is -1.88. The van der Waals surface area contributed by atoms with E-state index in [4.69, 9.17) is 0 Å². The zero-order valence-electron chi connectivity index (χ0n) is 11.9. The molecule has 0 fully saturated rings. The zero-order valence-corrected chi connectivity index (χ0v) is 13.5. The number of rotatable bonds is 1. The highest BCUT2D eigenvalue weighted by Gasteiger charge is 2.27. The fraction of sp³-hybridized carbons (Fsp3) is 0.250. The molecule has 1 aliphatic heterocycles. The molecule has 0 amide bonds. The van der Waals surface area contributed by atoms with Crippen molar-refractivity contribution in [3.63, 3.8) is 0 Å². The van der Waals surface area contributed by atoms with Gasteiger partial charge in [0.2, 0.25) is 0 Å². The molecule has 0 bridgehead atoms. The van der Waals surface area contributed by atoms with Crippen LogP contribution in [0.25, 0.3) is 11.0 Å². The Labute approximate surface area is 131 Å². The lowest BCUT2D eigenvalue weighted by Crippen LogP contribution is -2.07. The summed E-state index contributed by atoms with van der Waals surface area (Å²) in [5.74, 6) is 0.271. The van der Waals surface area contributed by atoms with Crippen molar-refractivity contribution < 1.29 is 0 Å². The maximum Gasteiger partial charge on any atom is 0.141 e. The van der Waals surface area contributed by atoms with Crippen molar-refractivity contribution in [1.29, 1.82) is 0 Å². The summed E-state index contributed by atoms with van der Waals surface area (Å²) < 4.78 is 1.09. The van der Waals surface area contributed by atoms with Gasteiger partial charge in [-0.15, -0.1) is 0 Å². The molecule has 1 aliphatic rings. The van der Waals surface area contributed by atoms with Gasteiger partial charge in [-0.1, -0.05) is 22.0 Å². The highest BCUT2D eigenvalue weighted by Crippen LogP contribution is 2.39. The molecule has 1 unspecified atom stereocenters. The fourth-order valence-electron chi connectivity index (χ4n) is 3.14. The van der Waals surface area contributed by atoms with Crippen molar-refractivity contribution in [1.82, 2.24) is 15.0 Å². The summed E-state index contributed by atoms with van der Waals surface area (Å²) in [4.78, 5) is 12.3. The smallest absolute Gasteiger partial charge is 0.141 e. The number of benzene rings is 1. The summed E-state index contributed by atoms with van der Waals surface area (Å²) in [5.41, 5.74) is 6.93. The monoisotopic (exact) mass is 342 g/mol. The summed E-state index contributed by atoms with van der Waals surface area (Å²) in [5, 5.41) is 4.64. The number of halogens is 1. The molecule has 3 heterocycles. The van der Waals surface area contributed by atoms with E-state index in [0.717, 1.165) is 33.4 Å². The minimum absolute atomic E-state index is 0.271. The van der Waals surface area contributed by atoms with Crippen LogP contribution in [0, 0.1) is 13.8 Å². The second-order valence-corrected chi connectivity index (χ2v) is 6.44. The molecule has 2 N–H and O–H groups in total. The second kappa shape index (κ2) is 4.56. The van der Waals surface area contributed by atoms with Gasteiger partial charge in [0.15, 0.2) is 0 Å². The molecule has 4 rings (SSSR count). The summed E-state index contributed by atoms with van der Waals surface area (Å²) in [6.45, 7) is 5.09. The van der Waals surface area contributed by atoms with Crippen LogP contribution >= 0.6 is 15.9 Å². The Morgan fingerprint density at radius 3 is 2.95 bits per heavy atom. The van der Waals surface area contributed by atoms with E-state index in [-0.39, 0.29) is 5.92 Å². The maximum absolute atomic E-state index is 4.60. The van der Waals surface area contributed by atoms with Crippen LogP contribution in [-0.4, -0.2) is 21.5 Å². The van der Waals surface area contributed by atoms with Crippen LogP contribution in [0.2, 0.25) is 0 Å². The Kier molecular flexibility index (Phi) is 2.79. The minimum atomic E-state index is 0.271. The molecule has 0 saturated carbocycles. The third-order valence-electron chi connectivity index (χ3n) is 4.34. The molecule has 3 aromatic rings. The van der Waals surface area contributed by atoms with E-state index in [9.17, 15) is 0 Å². The van der Waals surface area contributed by atoms with Gasteiger partial charge in [0.1, 0.15) is 12.0 Å². The van der Waals surface area contributed by atoms with Crippen LogP contribution in [0.5, 0.6) is 0 Å². The van der Waals surface area contributed by atoms with Gasteiger partial charge in [-0.3, -0.25) is 0 Å². The maximum atomic E-state index is 4.60. The normalized spacial score (nSPS) is 17.0. The van der Waals surface area contributed by atoms with E-state index in [0.29, 0.717) is 0 Å². The van der Waals surface area contributed by atoms with Gasteiger partial charge in [-0.05, 0) is 37.1 Å². The predicted octanol–water partition coefficient (Wildman–Crippen LogP) is 3.89. The summed E-state index contributed by atoms with van der Waals surface area (Å²) in [6.07, 6.45) is 1.66. The number of H-pyrrole nitrogens is 1. The van der Waals surface area contributed by atoms with Gasteiger partial charge in [0.25, 0.3) is 0 Å². The number of anilines is 1. The molecule has 1 atom stereocenters. The van der Waals surface area contributed by atoms with Gasteiger partial charge in [-0.2, -0.15) is 0 Å².